The number of hydrogen-bond acceptors (Lipinski definition) is 4. The zero-order chi connectivity index (χ0) is 16.5. The summed E-state index contributed by atoms with van der Waals surface area (Å²) >= 11 is 5.91. The van der Waals surface area contributed by atoms with Crippen LogP contribution in [0.15, 0.2) is 42.6 Å². The predicted molar refractivity (Wildman–Crippen MR) is 91.6 cm³/mol. The van der Waals surface area contributed by atoms with E-state index in [9.17, 15) is 4.79 Å². The van der Waals surface area contributed by atoms with Crippen LogP contribution in [0, 0.1) is 0 Å². The lowest BCUT2D eigenvalue weighted by Crippen LogP contribution is -2.42. The molecule has 3 atom stereocenters. The highest BCUT2D eigenvalue weighted by atomic mass is 35.5. The van der Waals surface area contributed by atoms with Crippen LogP contribution in [0.1, 0.15) is 29.6 Å². The Balaban J connectivity index is 1.39. The van der Waals surface area contributed by atoms with E-state index in [0.717, 1.165) is 12.8 Å². The molecule has 0 aliphatic carbocycles. The van der Waals surface area contributed by atoms with Crippen LogP contribution in [0.2, 0.25) is 5.02 Å². The summed E-state index contributed by atoms with van der Waals surface area (Å²) in [4.78, 5) is 16.5. The summed E-state index contributed by atoms with van der Waals surface area (Å²) in [5.74, 6) is 0.998. The van der Waals surface area contributed by atoms with Crippen molar-refractivity contribution in [1.29, 1.82) is 0 Å². The van der Waals surface area contributed by atoms with Crippen LogP contribution in [0.25, 0.3) is 0 Å². The maximum atomic E-state index is 12.4. The molecule has 0 saturated carbocycles. The predicted octanol–water partition coefficient (Wildman–Crippen LogP) is 3.15. The lowest BCUT2D eigenvalue weighted by molar-refractivity contribution is 0.0931. The van der Waals surface area contributed by atoms with Gasteiger partial charge in [-0.25, -0.2) is 4.98 Å². The molecule has 5 nitrogen and oxygen atoms in total. The van der Waals surface area contributed by atoms with Crippen molar-refractivity contribution >= 4 is 17.5 Å². The minimum absolute atomic E-state index is 0.0400. The van der Waals surface area contributed by atoms with Crippen LogP contribution in [-0.4, -0.2) is 29.0 Å². The maximum Gasteiger partial charge on any atom is 0.251 e. The fourth-order valence-corrected chi connectivity index (χ4v) is 3.62. The third kappa shape index (κ3) is 3.23. The van der Waals surface area contributed by atoms with Crippen molar-refractivity contribution in [3.63, 3.8) is 0 Å². The molecule has 2 saturated heterocycles. The fourth-order valence-electron chi connectivity index (χ4n) is 3.47. The average molecular weight is 344 g/mol. The SMILES string of the molecule is O=C(NC1CC2CCC1N2)c1ccc(Oc2cc(Cl)ccn2)cc1. The van der Waals surface area contributed by atoms with Gasteiger partial charge in [0.2, 0.25) is 5.88 Å². The van der Waals surface area contributed by atoms with Crippen molar-refractivity contribution < 1.29 is 9.53 Å². The Hall–Kier alpha value is -2.11. The number of aromatic nitrogens is 1. The number of halogens is 1. The van der Waals surface area contributed by atoms with Crippen LogP contribution < -0.4 is 15.4 Å². The minimum Gasteiger partial charge on any atom is -0.439 e. The van der Waals surface area contributed by atoms with E-state index in [1.54, 1.807) is 42.6 Å². The normalized spacial score (nSPS) is 24.8. The number of pyridine rings is 1. The van der Waals surface area contributed by atoms with Gasteiger partial charge in [0, 0.05) is 41.0 Å². The molecule has 2 aliphatic rings. The average Bonchev–Trinajstić information content (AvgIpc) is 3.18. The van der Waals surface area contributed by atoms with Crippen LogP contribution in [0.3, 0.4) is 0 Å². The highest BCUT2D eigenvalue weighted by Gasteiger charge is 2.39. The molecule has 2 bridgehead atoms. The zero-order valence-electron chi connectivity index (χ0n) is 13.0. The van der Waals surface area contributed by atoms with Crippen LogP contribution in [0.5, 0.6) is 11.6 Å². The number of nitrogens with one attached hydrogen (secondary N) is 2. The van der Waals surface area contributed by atoms with E-state index >= 15 is 0 Å². The fraction of sp³-hybridized carbons (Fsp3) is 0.333. The molecule has 0 radical (unpaired) electrons. The van der Waals surface area contributed by atoms with E-state index in [4.69, 9.17) is 16.3 Å². The first-order valence-corrected chi connectivity index (χ1v) is 8.51. The van der Waals surface area contributed by atoms with E-state index in [2.05, 4.69) is 15.6 Å². The van der Waals surface area contributed by atoms with Gasteiger partial charge in [-0.15, -0.1) is 0 Å². The Labute approximate surface area is 145 Å². The molecule has 3 heterocycles. The third-order valence-corrected chi connectivity index (χ3v) is 4.89. The topological polar surface area (TPSA) is 63.2 Å². The molecule has 4 rings (SSSR count). The minimum atomic E-state index is -0.0400. The highest BCUT2D eigenvalue weighted by molar-refractivity contribution is 6.30. The summed E-state index contributed by atoms with van der Waals surface area (Å²) in [6.45, 7) is 0. The van der Waals surface area contributed by atoms with Gasteiger partial charge in [-0.3, -0.25) is 4.79 Å². The number of fused-ring (bicyclic) bond motifs is 2. The van der Waals surface area contributed by atoms with Gasteiger partial charge in [-0.2, -0.15) is 0 Å². The van der Waals surface area contributed by atoms with E-state index in [1.807, 2.05) is 0 Å². The lowest BCUT2D eigenvalue weighted by Gasteiger charge is -2.21. The molecule has 2 aliphatic heterocycles. The Morgan fingerprint density at radius 3 is 2.75 bits per heavy atom. The highest BCUT2D eigenvalue weighted by Crippen LogP contribution is 2.28. The second-order valence-corrected chi connectivity index (χ2v) is 6.74. The Kier molecular flexibility index (Phi) is 4.12. The summed E-state index contributed by atoms with van der Waals surface area (Å²) in [6, 6.07) is 11.6. The first-order chi connectivity index (χ1) is 11.7. The summed E-state index contributed by atoms with van der Waals surface area (Å²) in [7, 11) is 0. The molecule has 1 aromatic heterocycles. The zero-order valence-corrected chi connectivity index (χ0v) is 13.8. The van der Waals surface area contributed by atoms with Crippen molar-refractivity contribution in [2.45, 2.75) is 37.4 Å². The number of hydrogen-bond donors (Lipinski definition) is 2. The van der Waals surface area contributed by atoms with E-state index < -0.39 is 0 Å². The number of carbonyl (C=O) groups is 1. The van der Waals surface area contributed by atoms with Crippen LogP contribution in [0.4, 0.5) is 0 Å². The largest absolute Gasteiger partial charge is 0.439 e. The first-order valence-electron chi connectivity index (χ1n) is 8.14. The van der Waals surface area contributed by atoms with E-state index in [0.29, 0.717) is 34.3 Å². The van der Waals surface area contributed by atoms with Gasteiger partial charge >= 0.3 is 0 Å². The Bertz CT molecular complexity index is 750. The molecule has 1 amide bonds. The van der Waals surface area contributed by atoms with Gasteiger partial charge in [0.05, 0.1) is 0 Å². The van der Waals surface area contributed by atoms with Gasteiger partial charge in [0.15, 0.2) is 0 Å². The number of benzene rings is 1. The lowest BCUT2D eigenvalue weighted by atomic mass is 9.95. The summed E-state index contributed by atoms with van der Waals surface area (Å²) < 4.78 is 5.63. The molecule has 6 heteroatoms. The molecule has 24 heavy (non-hydrogen) atoms. The van der Waals surface area contributed by atoms with Gasteiger partial charge in [0.25, 0.3) is 5.91 Å². The molecule has 2 fully saturated rings. The van der Waals surface area contributed by atoms with Gasteiger partial charge in [-0.05, 0) is 49.6 Å². The number of amides is 1. The van der Waals surface area contributed by atoms with E-state index in [1.165, 1.54) is 6.42 Å². The first kappa shape index (κ1) is 15.4. The molecular weight excluding hydrogens is 326 g/mol. The number of nitrogens with zero attached hydrogens (tertiary/aromatic N) is 1. The second-order valence-electron chi connectivity index (χ2n) is 6.30. The summed E-state index contributed by atoms with van der Waals surface area (Å²) in [5.41, 5.74) is 0.629. The second kappa shape index (κ2) is 6.42. The summed E-state index contributed by atoms with van der Waals surface area (Å²) in [6.07, 6.45) is 4.98. The van der Waals surface area contributed by atoms with Crippen molar-refractivity contribution in [2.24, 2.45) is 0 Å². The molecule has 3 unspecified atom stereocenters. The van der Waals surface area contributed by atoms with Gasteiger partial charge in [0.1, 0.15) is 5.75 Å². The quantitative estimate of drug-likeness (QED) is 0.895. The molecule has 1 aromatic carbocycles. The number of ether oxygens (including phenoxy) is 1. The van der Waals surface area contributed by atoms with Crippen LogP contribution >= 0.6 is 11.6 Å². The monoisotopic (exact) mass is 343 g/mol. The number of rotatable bonds is 4. The van der Waals surface area contributed by atoms with Crippen molar-refractivity contribution in [2.75, 3.05) is 0 Å². The third-order valence-electron chi connectivity index (χ3n) is 4.65. The van der Waals surface area contributed by atoms with Crippen molar-refractivity contribution in [3.8, 4) is 11.6 Å². The molecule has 2 aromatic rings. The van der Waals surface area contributed by atoms with Crippen molar-refractivity contribution in [1.82, 2.24) is 15.6 Å². The van der Waals surface area contributed by atoms with E-state index in [-0.39, 0.29) is 11.9 Å². The molecule has 0 spiro atoms. The smallest absolute Gasteiger partial charge is 0.251 e. The standard InChI is InChI=1S/C18H18ClN3O2/c19-12-7-8-20-17(9-12)24-14-4-1-11(2-5-14)18(23)22-16-10-13-3-6-15(16)21-13/h1-2,4-5,7-9,13,15-16,21H,3,6,10H2,(H,22,23). The van der Waals surface area contributed by atoms with Gasteiger partial charge < -0.3 is 15.4 Å². The van der Waals surface area contributed by atoms with Crippen molar-refractivity contribution in [3.05, 3.63) is 53.2 Å². The molecular formula is C18H18ClN3O2. The Morgan fingerprint density at radius 2 is 2.08 bits per heavy atom. The molecule has 2 N–H and O–H groups in total. The maximum absolute atomic E-state index is 12.4. The number of carbonyl (C=O) groups excluding carboxylic acids is 1. The van der Waals surface area contributed by atoms with Gasteiger partial charge in [-0.1, -0.05) is 11.6 Å². The summed E-state index contributed by atoms with van der Waals surface area (Å²) in [5, 5.41) is 7.22. The van der Waals surface area contributed by atoms with Crippen LogP contribution in [-0.2, 0) is 0 Å². The molecule has 124 valence electrons. The Morgan fingerprint density at radius 1 is 1.25 bits per heavy atom.